The van der Waals surface area contributed by atoms with E-state index in [1.165, 1.54) is 0 Å². The van der Waals surface area contributed by atoms with E-state index in [9.17, 15) is 9.59 Å². The van der Waals surface area contributed by atoms with Gasteiger partial charge in [0.15, 0.2) is 0 Å². The van der Waals surface area contributed by atoms with Crippen LogP contribution in [-0.2, 0) is 9.59 Å². The lowest BCUT2D eigenvalue weighted by Gasteiger charge is -2.47. The number of fused-ring (bicyclic) bond motifs is 1. The lowest BCUT2D eigenvalue weighted by atomic mass is 9.60. The van der Waals surface area contributed by atoms with Gasteiger partial charge in [-0.25, -0.2) is 0 Å². The summed E-state index contributed by atoms with van der Waals surface area (Å²) in [5.74, 6) is 1.12. The zero-order chi connectivity index (χ0) is 10.3. The molecule has 14 heavy (non-hydrogen) atoms. The molecule has 78 valence electrons. The molecule has 2 saturated carbocycles. The molecule has 2 aliphatic carbocycles. The Morgan fingerprint density at radius 1 is 1.36 bits per heavy atom. The molecule has 0 saturated heterocycles. The molecule has 0 amide bonds. The average molecular weight is 259 g/mol. The number of rotatable bonds is 0. The van der Waals surface area contributed by atoms with Crippen LogP contribution in [-0.4, -0.2) is 16.4 Å². The summed E-state index contributed by atoms with van der Waals surface area (Å²) < 4.78 is 0. The third-order valence-electron chi connectivity index (χ3n) is 3.95. The Hall–Kier alpha value is -0.180. The molecule has 0 aromatic heterocycles. The van der Waals surface area contributed by atoms with Gasteiger partial charge in [0, 0.05) is 19.3 Å². The van der Waals surface area contributed by atoms with Gasteiger partial charge in [0.2, 0.25) is 0 Å². The molecule has 0 aromatic rings. The summed E-state index contributed by atoms with van der Waals surface area (Å²) in [7, 11) is 0. The average Bonchev–Trinajstić information content (AvgIpc) is 2.16. The molecule has 1 unspecified atom stereocenters. The van der Waals surface area contributed by atoms with Gasteiger partial charge < -0.3 is 0 Å². The van der Waals surface area contributed by atoms with Crippen LogP contribution in [0.5, 0.6) is 0 Å². The molecule has 0 bridgehead atoms. The van der Waals surface area contributed by atoms with Crippen LogP contribution in [0.2, 0.25) is 0 Å². The fourth-order valence-electron chi connectivity index (χ4n) is 2.80. The van der Waals surface area contributed by atoms with Crippen LogP contribution in [0.1, 0.15) is 39.0 Å². The van der Waals surface area contributed by atoms with Crippen molar-refractivity contribution in [3.8, 4) is 0 Å². The van der Waals surface area contributed by atoms with Crippen molar-refractivity contribution in [1.29, 1.82) is 0 Å². The highest BCUT2D eigenvalue weighted by atomic mass is 79.9. The van der Waals surface area contributed by atoms with Gasteiger partial charge in [-0.05, 0) is 24.2 Å². The van der Waals surface area contributed by atoms with Crippen molar-refractivity contribution in [3.05, 3.63) is 0 Å². The summed E-state index contributed by atoms with van der Waals surface area (Å²) in [4.78, 5) is 22.9. The molecule has 0 aromatic carbocycles. The number of carbonyl (C=O) groups excluding carboxylic acids is 2. The minimum absolute atomic E-state index is 0.0261. The zero-order valence-electron chi connectivity index (χ0n) is 8.38. The van der Waals surface area contributed by atoms with E-state index in [-0.39, 0.29) is 10.2 Å². The number of Topliss-reactive ketones (excluding diaryl/α,β-unsaturated/α-hetero) is 2. The van der Waals surface area contributed by atoms with Crippen LogP contribution in [0, 0.1) is 11.3 Å². The molecule has 0 N–H and O–H groups in total. The topological polar surface area (TPSA) is 34.1 Å². The summed E-state index contributed by atoms with van der Waals surface area (Å²) in [6.45, 7) is 2.15. The Balaban J connectivity index is 2.24. The summed E-state index contributed by atoms with van der Waals surface area (Å²) in [6.07, 6.45) is 3.76. The first-order chi connectivity index (χ1) is 6.54. The third-order valence-corrected chi connectivity index (χ3v) is 5.51. The number of hydrogen-bond acceptors (Lipinski definition) is 2. The maximum absolute atomic E-state index is 11.6. The second-order valence-corrected chi connectivity index (χ2v) is 5.73. The fourth-order valence-corrected chi connectivity index (χ4v) is 3.63. The first-order valence-corrected chi connectivity index (χ1v) is 6.14. The molecule has 0 heterocycles. The Kier molecular flexibility index (Phi) is 2.54. The SMILES string of the molecule is C[C@]12CCC(=O)CC1CCC(=O)[C@H]2Br. The summed E-state index contributed by atoms with van der Waals surface area (Å²) in [5.41, 5.74) is 0.0310. The molecule has 3 heteroatoms. The summed E-state index contributed by atoms with van der Waals surface area (Å²) in [6, 6.07) is 0. The van der Waals surface area contributed by atoms with Crippen LogP contribution in [0.3, 0.4) is 0 Å². The number of alkyl halides is 1. The van der Waals surface area contributed by atoms with Gasteiger partial charge in [0.25, 0.3) is 0 Å². The first-order valence-electron chi connectivity index (χ1n) is 5.22. The normalized spacial score (nSPS) is 43.6. The Labute approximate surface area is 92.6 Å². The highest BCUT2D eigenvalue weighted by molar-refractivity contribution is 9.10. The van der Waals surface area contributed by atoms with E-state index in [0.29, 0.717) is 36.7 Å². The smallest absolute Gasteiger partial charge is 0.147 e. The Morgan fingerprint density at radius 3 is 2.79 bits per heavy atom. The number of hydrogen-bond donors (Lipinski definition) is 0. The minimum atomic E-state index is -0.0261. The van der Waals surface area contributed by atoms with Gasteiger partial charge in [-0.1, -0.05) is 22.9 Å². The van der Waals surface area contributed by atoms with Crippen molar-refractivity contribution >= 4 is 27.5 Å². The van der Waals surface area contributed by atoms with E-state index in [1.807, 2.05) is 0 Å². The molecule has 2 nitrogen and oxygen atoms in total. The van der Waals surface area contributed by atoms with Crippen LogP contribution in [0.25, 0.3) is 0 Å². The largest absolute Gasteiger partial charge is 0.300 e. The Bertz CT molecular complexity index is 287. The molecule has 0 spiro atoms. The number of halogens is 1. The molecular formula is C11H15BrO2. The molecule has 2 aliphatic rings. The van der Waals surface area contributed by atoms with E-state index >= 15 is 0 Å². The Morgan fingerprint density at radius 2 is 2.07 bits per heavy atom. The predicted molar refractivity (Wildman–Crippen MR) is 57.4 cm³/mol. The summed E-state index contributed by atoms with van der Waals surface area (Å²) in [5, 5.41) is 0. The van der Waals surface area contributed by atoms with Gasteiger partial charge >= 0.3 is 0 Å². The fraction of sp³-hybridized carbons (Fsp3) is 0.818. The van der Waals surface area contributed by atoms with Gasteiger partial charge in [-0.2, -0.15) is 0 Å². The van der Waals surface area contributed by atoms with E-state index in [4.69, 9.17) is 0 Å². The molecule has 0 aliphatic heterocycles. The lowest BCUT2D eigenvalue weighted by molar-refractivity contribution is -0.132. The number of carbonyl (C=O) groups is 2. The molecule has 3 atom stereocenters. The van der Waals surface area contributed by atoms with Crippen molar-refractivity contribution in [2.24, 2.45) is 11.3 Å². The van der Waals surface area contributed by atoms with Crippen molar-refractivity contribution < 1.29 is 9.59 Å². The standard InChI is InChI=1S/C11H15BrO2/c1-11-5-4-8(13)6-7(11)2-3-9(14)10(11)12/h7,10H,2-6H2,1H3/t7?,10-,11+/m1/s1. The van der Waals surface area contributed by atoms with Crippen LogP contribution < -0.4 is 0 Å². The third kappa shape index (κ3) is 1.46. The van der Waals surface area contributed by atoms with Gasteiger partial charge in [0.05, 0.1) is 4.83 Å². The van der Waals surface area contributed by atoms with Crippen molar-refractivity contribution in [2.45, 2.75) is 43.9 Å². The highest BCUT2D eigenvalue weighted by Gasteiger charge is 2.49. The minimum Gasteiger partial charge on any atom is -0.300 e. The summed E-state index contributed by atoms with van der Waals surface area (Å²) >= 11 is 3.51. The van der Waals surface area contributed by atoms with Gasteiger partial charge in [-0.3, -0.25) is 9.59 Å². The number of ketones is 2. The first kappa shape index (κ1) is 10.3. The van der Waals surface area contributed by atoms with Crippen LogP contribution in [0.15, 0.2) is 0 Å². The van der Waals surface area contributed by atoms with Crippen LogP contribution in [0.4, 0.5) is 0 Å². The maximum atomic E-state index is 11.6. The van der Waals surface area contributed by atoms with E-state index in [0.717, 1.165) is 12.8 Å². The second kappa shape index (κ2) is 3.44. The van der Waals surface area contributed by atoms with E-state index < -0.39 is 0 Å². The van der Waals surface area contributed by atoms with Gasteiger partial charge in [0.1, 0.15) is 11.6 Å². The van der Waals surface area contributed by atoms with E-state index in [1.54, 1.807) is 0 Å². The van der Waals surface area contributed by atoms with Crippen molar-refractivity contribution in [3.63, 3.8) is 0 Å². The molecule has 2 rings (SSSR count). The quantitative estimate of drug-likeness (QED) is 0.626. The van der Waals surface area contributed by atoms with Gasteiger partial charge in [-0.15, -0.1) is 0 Å². The molecule has 2 fully saturated rings. The monoisotopic (exact) mass is 258 g/mol. The van der Waals surface area contributed by atoms with Crippen molar-refractivity contribution in [2.75, 3.05) is 0 Å². The maximum Gasteiger partial charge on any atom is 0.147 e. The molecular weight excluding hydrogens is 244 g/mol. The molecule has 0 radical (unpaired) electrons. The van der Waals surface area contributed by atoms with Crippen LogP contribution >= 0.6 is 15.9 Å². The zero-order valence-corrected chi connectivity index (χ0v) is 9.97. The highest BCUT2D eigenvalue weighted by Crippen LogP contribution is 2.50. The lowest BCUT2D eigenvalue weighted by Crippen LogP contribution is -2.48. The van der Waals surface area contributed by atoms with Crippen molar-refractivity contribution in [1.82, 2.24) is 0 Å². The van der Waals surface area contributed by atoms with E-state index in [2.05, 4.69) is 22.9 Å². The second-order valence-electron chi connectivity index (χ2n) is 4.81. The predicted octanol–water partition coefficient (Wildman–Crippen LogP) is 2.49.